The summed E-state index contributed by atoms with van der Waals surface area (Å²) < 4.78 is 38.1. The predicted octanol–water partition coefficient (Wildman–Crippen LogP) is 2.52. The van der Waals surface area contributed by atoms with Crippen molar-refractivity contribution in [1.82, 2.24) is 15.1 Å². The van der Waals surface area contributed by atoms with Crippen molar-refractivity contribution in [2.24, 2.45) is 0 Å². The molecule has 5 nitrogen and oxygen atoms in total. The van der Waals surface area contributed by atoms with Gasteiger partial charge >= 0.3 is 6.18 Å². The first-order valence-corrected chi connectivity index (χ1v) is 9.19. The minimum atomic E-state index is -4.45. The SMILES string of the molecule is CN1CCN(C(=O)C2(NC(=O)c3ccc(C(F)(F)F)cc3)CCCC2)CC1. The maximum Gasteiger partial charge on any atom is 0.416 e. The van der Waals surface area contributed by atoms with Crippen molar-refractivity contribution in [3.63, 3.8) is 0 Å². The van der Waals surface area contributed by atoms with Gasteiger partial charge in [0.2, 0.25) is 5.91 Å². The van der Waals surface area contributed by atoms with Crippen molar-refractivity contribution in [1.29, 1.82) is 0 Å². The van der Waals surface area contributed by atoms with Crippen LogP contribution in [0.25, 0.3) is 0 Å². The highest BCUT2D eigenvalue weighted by atomic mass is 19.4. The zero-order valence-electron chi connectivity index (χ0n) is 15.3. The smallest absolute Gasteiger partial charge is 0.338 e. The summed E-state index contributed by atoms with van der Waals surface area (Å²) in [6.07, 6.45) is -1.65. The van der Waals surface area contributed by atoms with E-state index in [0.29, 0.717) is 25.9 Å². The van der Waals surface area contributed by atoms with Crippen LogP contribution in [0.5, 0.6) is 0 Å². The molecule has 0 atom stereocenters. The zero-order chi connectivity index (χ0) is 19.7. The van der Waals surface area contributed by atoms with Crippen LogP contribution in [0.15, 0.2) is 24.3 Å². The first kappa shape index (κ1) is 19.7. The maximum absolute atomic E-state index is 13.1. The second-order valence-electron chi connectivity index (χ2n) is 7.41. The van der Waals surface area contributed by atoms with Gasteiger partial charge < -0.3 is 15.1 Å². The van der Waals surface area contributed by atoms with E-state index in [1.165, 1.54) is 0 Å². The van der Waals surface area contributed by atoms with E-state index in [-0.39, 0.29) is 11.5 Å². The third-order valence-corrected chi connectivity index (χ3v) is 5.48. The van der Waals surface area contributed by atoms with E-state index in [0.717, 1.165) is 50.2 Å². The molecule has 1 aliphatic carbocycles. The summed E-state index contributed by atoms with van der Waals surface area (Å²) >= 11 is 0. The number of alkyl halides is 3. The van der Waals surface area contributed by atoms with Crippen molar-refractivity contribution < 1.29 is 22.8 Å². The van der Waals surface area contributed by atoms with Gasteiger partial charge in [0, 0.05) is 31.7 Å². The molecule has 148 valence electrons. The normalized spacial score (nSPS) is 20.5. The lowest BCUT2D eigenvalue weighted by Gasteiger charge is -2.39. The molecule has 1 aliphatic heterocycles. The second-order valence-corrected chi connectivity index (χ2v) is 7.41. The molecule has 0 spiro atoms. The molecule has 0 radical (unpaired) electrons. The lowest BCUT2D eigenvalue weighted by atomic mass is 9.94. The van der Waals surface area contributed by atoms with E-state index < -0.39 is 23.2 Å². The number of rotatable bonds is 3. The highest BCUT2D eigenvalue weighted by Gasteiger charge is 2.45. The van der Waals surface area contributed by atoms with E-state index in [4.69, 9.17) is 0 Å². The molecule has 8 heteroatoms. The van der Waals surface area contributed by atoms with Gasteiger partial charge in [-0.05, 0) is 44.2 Å². The minimum Gasteiger partial charge on any atom is -0.338 e. The fourth-order valence-electron chi connectivity index (χ4n) is 3.78. The Bertz CT molecular complexity index is 689. The summed E-state index contributed by atoms with van der Waals surface area (Å²) in [5, 5.41) is 2.85. The van der Waals surface area contributed by atoms with E-state index in [1.807, 2.05) is 7.05 Å². The predicted molar refractivity (Wildman–Crippen MR) is 94.2 cm³/mol. The molecule has 0 aromatic heterocycles. The molecule has 1 heterocycles. The molecule has 2 amide bonds. The lowest BCUT2D eigenvalue weighted by molar-refractivity contribution is -0.139. The van der Waals surface area contributed by atoms with Gasteiger partial charge in [0.15, 0.2) is 0 Å². The fourth-order valence-corrected chi connectivity index (χ4v) is 3.78. The van der Waals surface area contributed by atoms with Crippen molar-refractivity contribution in [3.05, 3.63) is 35.4 Å². The average molecular weight is 383 g/mol. The zero-order valence-corrected chi connectivity index (χ0v) is 15.3. The van der Waals surface area contributed by atoms with E-state index in [1.54, 1.807) is 4.90 Å². The summed E-state index contributed by atoms with van der Waals surface area (Å²) in [7, 11) is 2.00. The molecule has 1 aromatic carbocycles. The Morgan fingerprint density at radius 3 is 2.07 bits per heavy atom. The van der Waals surface area contributed by atoms with Crippen molar-refractivity contribution >= 4 is 11.8 Å². The van der Waals surface area contributed by atoms with Crippen LogP contribution < -0.4 is 5.32 Å². The number of benzene rings is 1. The number of nitrogens with one attached hydrogen (secondary N) is 1. The molecule has 2 fully saturated rings. The molecule has 0 unspecified atom stereocenters. The van der Waals surface area contributed by atoms with Crippen LogP contribution in [0.1, 0.15) is 41.6 Å². The Morgan fingerprint density at radius 2 is 1.56 bits per heavy atom. The number of carbonyl (C=O) groups excluding carboxylic acids is 2. The molecule has 27 heavy (non-hydrogen) atoms. The number of hydrogen-bond acceptors (Lipinski definition) is 3. The Kier molecular flexibility index (Phi) is 5.46. The monoisotopic (exact) mass is 383 g/mol. The van der Waals surface area contributed by atoms with E-state index in [2.05, 4.69) is 10.2 Å². The van der Waals surface area contributed by atoms with Gasteiger partial charge in [-0.1, -0.05) is 12.8 Å². The summed E-state index contributed by atoms with van der Waals surface area (Å²) in [5.41, 5.74) is -1.63. The van der Waals surface area contributed by atoms with Gasteiger partial charge in [-0.2, -0.15) is 13.2 Å². The van der Waals surface area contributed by atoms with Crippen LogP contribution in [-0.2, 0) is 11.0 Å². The number of piperazine rings is 1. The highest BCUT2D eigenvalue weighted by Crippen LogP contribution is 2.33. The number of carbonyl (C=O) groups is 2. The summed E-state index contributed by atoms with van der Waals surface area (Å²) in [6, 6.07) is 4.08. The van der Waals surface area contributed by atoms with E-state index >= 15 is 0 Å². The minimum absolute atomic E-state index is 0.0756. The van der Waals surface area contributed by atoms with Gasteiger partial charge in [0.1, 0.15) is 5.54 Å². The molecular weight excluding hydrogens is 359 g/mol. The number of likely N-dealkylation sites (N-methyl/N-ethyl adjacent to an activating group) is 1. The summed E-state index contributed by atoms with van der Waals surface area (Å²) in [5.74, 6) is -0.582. The van der Waals surface area contributed by atoms with Gasteiger partial charge in [-0.25, -0.2) is 0 Å². The van der Waals surface area contributed by atoms with Crippen molar-refractivity contribution in [2.45, 2.75) is 37.4 Å². The topological polar surface area (TPSA) is 52.6 Å². The summed E-state index contributed by atoms with van der Waals surface area (Å²) in [4.78, 5) is 29.7. The quantitative estimate of drug-likeness (QED) is 0.873. The highest BCUT2D eigenvalue weighted by molar-refractivity contribution is 5.99. The Hall–Kier alpha value is -2.09. The number of nitrogens with zero attached hydrogens (tertiary/aromatic N) is 2. The van der Waals surface area contributed by atoms with Gasteiger partial charge in [0.05, 0.1) is 5.56 Å². The lowest BCUT2D eigenvalue weighted by Crippen LogP contribution is -2.61. The van der Waals surface area contributed by atoms with Crippen molar-refractivity contribution in [2.75, 3.05) is 33.2 Å². The van der Waals surface area contributed by atoms with Crippen LogP contribution >= 0.6 is 0 Å². The Labute approximate surface area is 156 Å². The summed E-state index contributed by atoms with van der Waals surface area (Å²) in [6.45, 7) is 2.81. The molecule has 1 saturated heterocycles. The van der Waals surface area contributed by atoms with Gasteiger partial charge in [-0.15, -0.1) is 0 Å². The average Bonchev–Trinajstić information content (AvgIpc) is 3.11. The van der Waals surface area contributed by atoms with Crippen LogP contribution in [-0.4, -0.2) is 60.4 Å². The number of hydrogen-bond donors (Lipinski definition) is 1. The van der Waals surface area contributed by atoms with Crippen LogP contribution in [0.2, 0.25) is 0 Å². The molecule has 0 bridgehead atoms. The first-order chi connectivity index (χ1) is 12.7. The second kappa shape index (κ2) is 7.50. The Morgan fingerprint density at radius 1 is 1.00 bits per heavy atom. The maximum atomic E-state index is 13.1. The van der Waals surface area contributed by atoms with E-state index in [9.17, 15) is 22.8 Å². The molecule has 3 rings (SSSR count). The van der Waals surface area contributed by atoms with Gasteiger partial charge in [0.25, 0.3) is 5.91 Å². The third kappa shape index (κ3) is 4.26. The number of halogens is 3. The number of amides is 2. The molecule has 1 saturated carbocycles. The molecule has 1 N–H and O–H groups in total. The van der Waals surface area contributed by atoms with Crippen LogP contribution in [0.3, 0.4) is 0 Å². The van der Waals surface area contributed by atoms with Gasteiger partial charge in [-0.3, -0.25) is 9.59 Å². The van der Waals surface area contributed by atoms with Crippen LogP contribution in [0.4, 0.5) is 13.2 Å². The van der Waals surface area contributed by atoms with Crippen LogP contribution in [0, 0.1) is 0 Å². The molecular formula is C19H24F3N3O2. The molecule has 2 aliphatic rings. The largest absolute Gasteiger partial charge is 0.416 e. The Balaban J connectivity index is 1.74. The fraction of sp³-hybridized carbons (Fsp3) is 0.579. The third-order valence-electron chi connectivity index (χ3n) is 5.48. The van der Waals surface area contributed by atoms with Crippen molar-refractivity contribution in [3.8, 4) is 0 Å². The molecule has 1 aromatic rings. The standard InChI is InChI=1S/C19H24F3N3O2/c1-24-10-12-25(13-11-24)17(27)18(8-2-3-9-18)23-16(26)14-4-6-15(7-5-14)19(20,21)22/h4-7H,2-3,8-13H2,1H3,(H,23,26). The first-order valence-electron chi connectivity index (χ1n) is 9.19.